The number of carbonyl (C=O) groups excluding carboxylic acids is 1. The quantitative estimate of drug-likeness (QED) is 0.366. The molecule has 1 heterocycles. The molecule has 0 saturated carbocycles. The highest BCUT2D eigenvalue weighted by atomic mass is 16.3. The molecule has 0 aromatic heterocycles. The number of carbonyl (C=O) groups is 1. The highest BCUT2D eigenvalue weighted by Gasteiger charge is 2.12. The minimum Gasteiger partial charge on any atom is -0.508 e. The zero-order valence-electron chi connectivity index (χ0n) is 11.0. The summed E-state index contributed by atoms with van der Waals surface area (Å²) < 4.78 is 0. The number of anilines is 1. The molecule has 0 unspecified atom stereocenters. The number of hydrogen-bond acceptors (Lipinski definition) is 5. The third-order valence-corrected chi connectivity index (χ3v) is 3.28. The fraction of sp³-hybridized carbons (Fsp3) is 0.357. The van der Waals surface area contributed by atoms with Gasteiger partial charge in [0.1, 0.15) is 5.75 Å². The van der Waals surface area contributed by atoms with Gasteiger partial charge in [0.25, 0.3) is 0 Å². The number of phenolic OH excluding ortho intramolecular Hbond substituents is 1. The maximum atomic E-state index is 12.0. The van der Waals surface area contributed by atoms with E-state index in [1.807, 2.05) is 0 Å². The van der Waals surface area contributed by atoms with Gasteiger partial charge >= 0.3 is 0 Å². The molecule has 5 nitrogen and oxygen atoms in total. The summed E-state index contributed by atoms with van der Waals surface area (Å²) in [6, 6.07) is 4.40. The number of nitrogens with two attached hydrogens (primary N) is 1. The van der Waals surface area contributed by atoms with E-state index in [0.29, 0.717) is 11.3 Å². The van der Waals surface area contributed by atoms with Gasteiger partial charge in [0.15, 0.2) is 5.78 Å². The zero-order valence-corrected chi connectivity index (χ0v) is 11.0. The van der Waals surface area contributed by atoms with E-state index in [2.05, 4.69) is 16.8 Å². The van der Waals surface area contributed by atoms with E-state index in [9.17, 15) is 9.90 Å². The Morgan fingerprint density at radius 2 is 2.00 bits per heavy atom. The molecule has 1 aromatic carbocycles. The Hall–Kier alpha value is -2.01. The normalized spacial score (nSPS) is 17.0. The molecule has 0 amide bonds. The molecule has 2 rings (SSSR count). The topological polar surface area (TPSA) is 69.8 Å². The van der Waals surface area contributed by atoms with E-state index in [1.165, 1.54) is 24.3 Å². The number of hydrogen-bond donors (Lipinski definition) is 2. The molecule has 0 spiro atoms. The summed E-state index contributed by atoms with van der Waals surface area (Å²) in [5.41, 5.74) is 6.45. The number of piperazine rings is 1. The maximum absolute atomic E-state index is 12.0. The van der Waals surface area contributed by atoms with Crippen molar-refractivity contribution in [1.29, 1.82) is 0 Å². The van der Waals surface area contributed by atoms with Gasteiger partial charge in [-0.2, -0.15) is 0 Å². The molecule has 0 radical (unpaired) electrons. The average molecular weight is 261 g/mol. The smallest absolute Gasteiger partial charge is 0.189 e. The molecule has 5 heteroatoms. The van der Waals surface area contributed by atoms with E-state index in [0.717, 1.165) is 26.2 Å². The summed E-state index contributed by atoms with van der Waals surface area (Å²) in [4.78, 5) is 16.4. The summed E-state index contributed by atoms with van der Waals surface area (Å²) in [5.74, 6) is -0.141. The van der Waals surface area contributed by atoms with E-state index >= 15 is 0 Å². The predicted molar refractivity (Wildman–Crippen MR) is 75.1 cm³/mol. The van der Waals surface area contributed by atoms with Crippen LogP contribution in [0, 0.1) is 0 Å². The predicted octanol–water partition coefficient (Wildman–Crippen LogP) is 0.918. The number of nitrogens with zero attached hydrogens (tertiary/aromatic N) is 2. The molecular formula is C14H19N3O2. The molecule has 1 aliphatic rings. The largest absolute Gasteiger partial charge is 0.508 e. The van der Waals surface area contributed by atoms with E-state index < -0.39 is 0 Å². The molecule has 1 saturated heterocycles. The molecule has 0 atom stereocenters. The molecule has 3 N–H and O–H groups in total. The first-order valence-corrected chi connectivity index (χ1v) is 6.30. The van der Waals surface area contributed by atoms with Crippen molar-refractivity contribution in [2.75, 3.05) is 39.0 Å². The van der Waals surface area contributed by atoms with Crippen molar-refractivity contribution in [3.05, 3.63) is 36.0 Å². The van der Waals surface area contributed by atoms with Crippen LogP contribution in [0.4, 0.5) is 5.69 Å². The van der Waals surface area contributed by atoms with Gasteiger partial charge in [0, 0.05) is 49.7 Å². The number of likely N-dealkylation sites (N-methyl/N-ethyl adjacent to an activating group) is 1. The molecular weight excluding hydrogens is 242 g/mol. The zero-order chi connectivity index (χ0) is 13.8. The lowest BCUT2D eigenvalue weighted by molar-refractivity contribution is 0.104. The van der Waals surface area contributed by atoms with Crippen LogP contribution < -0.4 is 5.73 Å². The Balaban J connectivity index is 2.02. The van der Waals surface area contributed by atoms with Crippen LogP contribution >= 0.6 is 0 Å². The molecule has 1 aromatic rings. The first-order chi connectivity index (χ1) is 9.06. The van der Waals surface area contributed by atoms with E-state index in [-0.39, 0.29) is 11.5 Å². The highest BCUT2D eigenvalue weighted by Crippen LogP contribution is 2.19. The van der Waals surface area contributed by atoms with Crippen molar-refractivity contribution < 1.29 is 9.90 Å². The Morgan fingerprint density at radius 3 is 2.68 bits per heavy atom. The van der Waals surface area contributed by atoms with Gasteiger partial charge < -0.3 is 20.6 Å². The highest BCUT2D eigenvalue weighted by molar-refractivity contribution is 6.08. The standard InChI is InChI=1S/C14H19N3O2/c1-16-6-8-17(9-7-16)5-4-14(19)12-10-11(18)2-3-13(12)15/h2-5,10,18H,6-9,15H2,1H3. The molecule has 19 heavy (non-hydrogen) atoms. The van der Waals surface area contributed by atoms with Crippen LogP contribution in [0.25, 0.3) is 0 Å². The minimum atomic E-state index is -0.188. The Bertz CT molecular complexity index is 491. The average Bonchev–Trinajstić information content (AvgIpc) is 2.40. The van der Waals surface area contributed by atoms with E-state index in [4.69, 9.17) is 5.73 Å². The van der Waals surface area contributed by atoms with Crippen molar-refractivity contribution in [3.63, 3.8) is 0 Å². The number of benzene rings is 1. The third kappa shape index (κ3) is 3.48. The van der Waals surface area contributed by atoms with Crippen molar-refractivity contribution >= 4 is 11.5 Å². The van der Waals surface area contributed by atoms with Crippen molar-refractivity contribution in [2.45, 2.75) is 0 Å². The van der Waals surface area contributed by atoms with Gasteiger partial charge in [-0.25, -0.2) is 0 Å². The fourth-order valence-electron chi connectivity index (χ4n) is 1.99. The van der Waals surface area contributed by atoms with Crippen LogP contribution in [-0.2, 0) is 0 Å². The van der Waals surface area contributed by atoms with Gasteiger partial charge in [0.05, 0.1) is 0 Å². The Kier molecular flexibility index (Phi) is 4.06. The van der Waals surface area contributed by atoms with Crippen LogP contribution in [0.1, 0.15) is 10.4 Å². The van der Waals surface area contributed by atoms with E-state index in [1.54, 1.807) is 6.20 Å². The SMILES string of the molecule is CN1CCN(C=CC(=O)c2cc(O)ccc2N)CC1. The lowest BCUT2D eigenvalue weighted by Crippen LogP contribution is -2.41. The van der Waals surface area contributed by atoms with Crippen molar-refractivity contribution in [3.8, 4) is 5.75 Å². The second-order valence-electron chi connectivity index (χ2n) is 4.79. The van der Waals surface area contributed by atoms with Gasteiger partial charge in [-0.3, -0.25) is 4.79 Å². The first-order valence-electron chi connectivity index (χ1n) is 6.30. The number of nitrogen functional groups attached to an aromatic ring is 1. The lowest BCUT2D eigenvalue weighted by atomic mass is 10.1. The van der Waals surface area contributed by atoms with Gasteiger partial charge in [0.2, 0.25) is 0 Å². The first kappa shape index (κ1) is 13.4. The molecule has 0 bridgehead atoms. The van der Waals surface area contributed by atoms with Crippen LogP contribution in [0.5, 0.6) is 5.75 Å². The Labute approximate surface area is 112 Å². The molecule has 102 valence electrons. The lowest BCUT2D eigenvalue weighted by Gasteiger charge is -2.31. The molecule has 0 aliphatic carbocycles. The third-order valence-electron chi connectivity index (χ3n) is 3.28. The Morgan fingerprint density at radius 1 is 1.32 bits per heavy atom. The number of phenols is 1. The van der Waals surface area contributed by atoms with Gasteiger partial charge in [-0.05, 0) is 25.2 Å². The molecule has 1 aliphatic heterocycles. The van der Waals surface area contributed by atoms with Crippen molar-refractivity contribution in [1.82, 2.24) is 9.80 Å². The number of rotatable bonds is 3. The summed E-state index contributed by atoms with van der Waals surface area (Å²) in [6.07, 6.45) is 3.31. The van der Waals surface area contributed by atoms with Crippen LogP contribution in [0.15, 0.2) is 30.5 Å². The van der Waals surface area contributed by atoms with Gasteiger partial charge in [-0.1, -0.05) is 0 Å². The summed E-state index contributed by atoms with van der Waals surface area (Å²) >= 11 is 0. The summed E-state index contributed by atoms with van der Waals surface area (Å²) in [5, 5.41) is 9.38. The summed E-state index contributed by atoms with van der Waals surface area (Å²) in [7, 11) is 2.08. The van der Waals surface area contributed by atoms with Crippen LogP contribution in [0.3, 0.4) is 0 Å². The van der Waals surface area contributed by atoms with Crippen LogP contribution in [-0.4, -0.2) is 53.9 Å². The fourth-order valence-corrected chi connectivity index (χ4v) is 1.99. The minimum absolute atomic E-state index is 0.0468. The van der Waals surface area contributed by atoms with Gasteiger partial charge in [-0.15, -0.1) is 0 Å². The number of ketones is 1. The van der Waals surface area contributed by atoms with Crippen LogP contribution in [0.2, 0.25) is 0 Å². The van der Waals surface area contributed by atoms with Crippen molar-refractivity contribution in [2.24, 2.45) is 0 Å². The monoisotopic (exact) mass is 261 g/mol. The maximum Gasteiger partial charge on any atom is 0.189 e. The second kappa shape index (κ2) is 5.75. The molecule has 1 fully saturated rings. The number of aromatic hydroxyl groups is 1. The number of allylic oxidation sites excluding steroid dienone is 1. The summed E-state index contributed by atoms with van der Waals surface area (Å²) in [6.45, 7) is 3.81. The second-order valence-corrected chi connectivity index (χ2v) is 4.79.